The summed E-state index contributed by atoms with van der Waals surface area (Å²) >= 11 is 5.70. The molecule has 0 spiro atoms. The predicted molar refractivity (Wildman–Crippen MR) is 404 cm³/mol. The number of rotatable bonds is 10. The van der Waals surface area contributed by atoms with Crippen molar-refractivity contribution in [1.82, 2.24) is 100.0 Å². The highest BCUT2D eigenvalue weighted by Gasteiger charge is 2.52. The molecule has 28 nitrogen and oxygen atoms in total. The SMILES string of the molecule is CC(C)(C)OC(=O)n1cc(B2OC(C)(C)C(C)(C)O2)cn1.Cc1nc(-c2cn[nH]c2)[nH]c(=O)c1C(C)C.Cc1nc(-c2cn[nH]c2)[nH]c(=O)c1C(C)C.Cc1nc(-c2cn[nH]c2)nc(C)c1C(C)C.Cc1nc(-c2cnn(C(=O)OC(C)(C)C)c2)nc(C)c1C(C)C.Cc1nc(Cl)nc(C)c1C(C)C. The Balaban J connectivity index is 0.000000198. The number of aromatic nitrogens is 20. The van der Waals surface area contributed by atoms with Gasteiger partial charge in [0.25, 0.3) is 11.1 Å². The summed E-state index contributed by atoms with van der Waals surface area (Å²) in [5.74, 6) is 4.06. The third kappa shape index (κ3) is 22.2. The zero-order chi connectivity index (χ0) is 77.8. The van der Waals surface area contributed by atoms with Gasteiger partial charge in [0, 0.05) is 99.3 Å². The van der Waals surface area contributed by atoms with Crippen molar-refractivity contribution >= 4 is 36.4 Å². The molecule has 1 fully saturated rings. The molecule has 10 aromatic rings. The van der Waals surface area contributed by atoms with Crippen molar-refractivity contribution in [3.8, 4) is 45.6 Å². The van der Waals surface area contributed by atoms with E-state index in [1.165, 1.54) is 15.8 Å². The van der Waals surface area contributed by atoms with Gasteiger partial charge in [-0.2, -0.15) is 34.9 Å². The van der Waals surface area contributed by atoms with Gasteiger partial charge in [-0.05, 0) is 183 Å². The lowest BCUT2D eigenvalue weighted by Crippen LogP contribution is -2.41. The summed E-state index contributed by atoms with van der Waals surface area (Å²) in [5, 5.41) is 28.1. The molecule has 5 N–H and O–H groups in total. The molecule has 0 unspecified atom stereocenters. The molecule has 0 aromatic carbocycles. The second kappa shape index (κ2) is 34.7. The number of carbonyl (C=O) groups is 2. The van der Waals surface area contributed by atoms with Crippen LogP contribution in [0.4, 0.5) is 9.59 Å². The van der Waals surface area contributed by atoms with E-state index in [0.717, 1.165) is 89.4 Å². The normalized spacial score (nSPS) is 13.1. The second-order valence-electron chi connectivity index (χ2n) is 29.8. The molecule has 104 heavy (non-hydrogen) atoms. The quantitative estimate of drug-likeness (QED) is 0.0627. The Morgan fingerprint density at radius 1 is 0.442 bits per heavy atom. The monoisotopic (exact) mass is 1450 g/mol. The first-order valence-electron chi connectivity index (χ1n) is 34.6. The number of aromatic amines is 5. The summed E-state index contributed by atoms with van der Waals surface area (Å²) < 4.78 is 24.7. The van der Waals surface area contributed by atoms with Gasteiger partial charge in [0.2, 0.25) is 5.28 Å². The van der Waals surface area contributed by atoms with E-state index < -0.39 is 41.7 Å². The van der Waals surface area contributed by atoms with Gasteiger partial charge in [0.15, 0.2) is 11.6 Å². The predicted octanol–water partition coefficient (Wildman–Crippen LogP) is 14.5. The molecule has 0 radical (unpaired) electrons. The van der Waals surface area contributed by atoms with E-state index in [2.05, 4.69) is 132 Å². The third-order valence-electron chi connectivity index (χ3n) is 16.6. The largest absolute Gasteiger partial charge is 0.498 e. The highest BCUT2D eigenvalue weighted by atomic mass is 35.5. The summed E-state index contributed by atoms with van der Waals surface area (Å²) in [5.41, 5.74) is 14.4. The van der Waals surface area contributed by atoms with Crippen molar-refractivity contribution in [2.45, 2.75) is 246 Å². The topological polar surface area (TPSA) is 362 Å². The number of halogens is 1. The molecule has 0 amide bonds. The molecule has 1 saturated heterocycles. The second-order valence-corrected chi connectivity index (χ2v) is 30.2. The van der Waals surface area contributed by atoms with Gasteiger partial charge >= 0.3 is 19.3 Å². The average molecular weight is 1450 g/mol. The minimum Gasteiger partial charge on any atom is -0.442 e. The first-order chi connectivity index (χ1) is 48.3. The number of aryl methyl sites for hydroxylation is 8. The molecular weight excluding hydrogens is 1340 g/mol. The molecule has 30 heteroatoms. The van der Waals surface area contributed by atoms with Gasteiger partial charge in [-0.3, -0.25) is 24.9 Å². The lowest BCUT2D eigenvalue weighted by Gasteiger charge is -2.32. The molecule has 11 rings (SSSR count). The summed E-state index contributed by atoms with van der Waals surface area (Å²) in [6, 6.07) is 0. The van der Waals surface area contributed by atoms with Crippen LogP contribution in [-0.2, 0) is 18.8 Å². The summed E-state index contributed by atoms with van der Waals surface area (Å²) in [4.78, 5) is 88.4. The highest BCUT2D eigenvalue weighted by Crippen LogP contribution is 2.37. The van der Waals surface area contributed by atoms with Crippen molar-refractivity contribution in [2.75, 3.05) is 0 Å². The molecule has 10 aromatic heterocycles. The number of nitrogens with one attached hydrogen (secondary N) is 5. The van der Waals surface area contributed by atoms with Crippen LogP contribution in [0.5, 0.6) is 0 Å². The van der Waals surface area contributed by atoms with E-state index in [0.29, 0.717) is 51.5 Å². The number of H-pyrrole nitrogens is 5. The fraction of sp³-hybridized carbons (Fsp3) is 0.500. The zero-order valence-electron chi connectivity index (χ0n) is 65.6. The Morgan fingerprint density at radius 3 is 1.07 bits per heavy atom. The molecule has 558 valence electrons. The van der Waals surface area contributed by atoms with Crippen LogP contribution >= 0.6 is 11.6 Å². The Kier molecular flexibility index (Phi) is 27.8. The van der Waals surface area contributed by atoms with Crippen LogP contribution in [0, 0.1) is 55.4 Å². The molecule has 11 heterocycles. The first kappa shape index (κ1) is 83.2. The van der Waals surface area contributed by atoms with Crippen molar-refractivity contribution < 1.29 is 28.4 Å². The van der Waals surface area contributed by atoms with E-state index in [-0.39, 0.29) is 23.0 Å². The van der Waals surface area contributed by atoms with Gasteiger partial charge in [-0.15, -0.1) is 0 Å². The van der Waals surface area contributed by atoms with Gasteiger partial charge in [-0.25, -0.2) is 49.5 Å². The van der Waals surface area contributed by atoms with E-state index >= 15 is 0 Å². The van der Waals surface area contributed by atoms with E-state index in [1.54, 1.807) is 55.8 Å². The van der Waals surface area contributed by atoms with Crippen LogP contribution in [0.2, 0.25) is 5.28 Å². The molecule has 1 aliphatic heterocycles. The van der Waals surface area contributed by atoms with Gasteiger partial charge < -0.3 is 28.8 Å². The number of hydrogen-bond acceptors (Lipinski definition) is 21. The fourth-order valence-electron chi connectivity index (χ4n) is 11.5. The minimum absolute atomic E-state index is 0.0706. The third-order valence-corrected chi connectivity index (χ3v) is 16.7. The van der Waals surface area contributed by atoms with Crippen molar-refractivity contribution in [2.24, 2.45) is 0 Å². The Bertz CT molecular complexity index is 4450. The smallest absolute Gasteiger partial charge is 0.442 e. The van der Waals surface area contributed by atoms with Crippen LogP contribution in [0.25, 0.3) is 45.6 Å². The highest BCUT2D eigenvalue weighted by molar-refractivity contribution is 6.62. The summed E-state index contributed by atoms with van der Waals surface area (Å²) in [6.07, 6.45) is 15.5. The number of nitrogens with zero attached hydrogens (tertiary/aromatic N) is 15. The minimum atomic E-state index is -0.564. The lowest BCUT2D eigenvalue weighted by molar-refractivity contribution is 0.00578. The van der Waals surface area contributed by atoms with E-state index in [9.17, 15) is 19.2 Å². The molecule has 0 aliphatic carbocycles. The molecule has 0 saturated carbocycles. The Hall–Kier alpha value is -9.74. The average Bonchev–Trinajstić information content (AvgIpc) is 1.64. The van der Waals surface area contributed by atoms with Gasteiger partial charge in [0.1, 0.15) is 22.9 Å². The Morgan fingerprint density at radius 2 is 0.750 bits per heavy atom. The lowest BCUT2D eigenvalue weighted by atomic mass is 9.82. The van der Waals surface area contributed by atoms with E-state index in [4.69, 9.17) is 30.4 Å². The molecule has 0 bridgehead atoms. The van der Waals surface area contributed by atoms with Crippen molar-refractivity contribution in [3.63, 3.8) is 0 Å². The summed E-state index contributed by atoms with van der Waals surface area (Å²) in [7, 11) is -0.536. The van der Waals surface area contributed by atoms with Crippen LogP contribution in [0.15, 0.2) is 71.6 Å². The number of carbonyl (C=O) groups excluding carboxylic acids is 2. The van der Waals surface area contributed by atoms with Crippen LogP contribution in [-0.4, -0.2) is 142 Å². The zero-order valence-corrected chi connectivity index (χ0v) is 66.3. The van der Waals surface area contributed by atoms with Gasteiger partial charge in [0.05, 0.1) is 58.2 Å². The van der Waals surface area contributed by atoms with Gasteiger partial charge in [-0.1, -0.05) is 69.2 Å². The summed E-state index contributed by atoms with van der Waals surface area (Å²) in [6.45, 7) is 55.2. The molecule has 1 aliphatic rings. The van der Waals surface area contributed by atoms with Crippen LogP contribution < -0.4 is 16.6 Å². The molecule has 0 atom stereocenters. The molecular formula is C74H104BClN20O8. The van der Waals surface area contributed by atoms with Crippen LogP contribution in [0.3, 0.4) is 0 Å². The maximum atomic E-state index is 12.0. The van der Waals surface area contributed by atoms with Crippen molar-refractivity contribution in [1.29, 1.82) is 0 Å². The standard InChI is InChI=1S/C17H24N4O2.C14H23BN2O4.C12H16N4.2C11H14N4O.C9H13ClN2/c1-10(2)14-11(3)19-15(20-12(14)4)13-8-18-21(9-13)16(22)23-17(5,6)7;1-12(2,3)19-11(18)17-9-10(8-16-17)15-20-13(4,5)14(6,7)21-15;1-7(2)11-8(3)15-12(16-9(11)4)10-5-13-14-6-10;2*1-6(2)9-7(3)14-10(15-11(9)16)8-4-12-13-5-8;1-5(2)8-6(3)11-9(10)12-7(8)4/h8-10H,1-7H3;8-9H,1-7H3;5-7H,1-4H3,(H,13,14);2*4-6H,1-3H3,(H,12,13)(H,14,15,16);5H,1-4H3. The van der Waals surface area contributed by atoms with Crippen LogP contribution in [0.1, 0.15) is 241 Å². The number of hydrogen-bond donors (Lipinski definition) is 5. The number of ether oxygens (including phenoxy) is 2. The maximum Gasteiger partial charge on any atom is 0.498 e. The fourth-order valence-corrected chi connectivity index (χ4v) is 11.8. The van der Waals surface area contributed by atoms with E-state index in [1.807, 2.05) is 159 Å². The Labute approximate surface area is 614 Å². The maximum absolute atomic E-state index is 12.0. The first-order valence-corrected chi connectivity index (χ1v) is 35.0. The van der Waals surface area contributed by atoms with Crippen molar-refractivity contribution in [3.05, 3.63) is 161 Å².